The van der Waals surface area contributed by atoms with Gasteiger partial charge in [-0.1, -0.05) is 23.2 Å². The van der Waals surface area contributed by atoms with E-state index in [1.165, 1.54) is 6.33 Å². The van der Waals surface area contributed by atoms with Crippen molar-refractivity contribution in [3.63, 3.8) is 0 Å². The van der Waals surface area contributed by atoms with Gasteiger partial charge in [0, 0.05) is 29.9 Å². The third kappa shape index (κ3) is 7.22. The summed E-state index contributed by atoms with van der Waals surface area (Å²) in [6.45, 7) is 7.42. The molecule has 1 aliphatic rings. The molecule has 0 fully saturated rings. The molecule has 2 heterocycles. The predicted molar refractivity (Wildman–Crippen MR) is 150 cm³/mol. The van der Waals surface area contributed by atoms with Crippen molar-refractivity contribution in [2.45, 2.75) is 32.7 Å². The van der Waals surface area contributed by atoms with Gasteiger partial charge in [0.1, 0.15) is 29.5 Å². The van der Waals surface area contributed by atoms with Crippen LogP contribution < -0.4 is 26.0 Å². The highest BCUT2D eigenvalue weighted by Gasteiger charge is 2.17. The first-order valence-corrected chi connectivity index (χ1v) is 12.6. The molecule has 4 N–H and O–H groups in total. The summed E-state index contributed by atoms with van der Waals surface area (Å²) in [6, 6.07) is 14.4. The number of carbonyl (C=O) groups excluding carboxylic acids is 1. The average molecular weight is 532 g/mol. The smallest absolute Gasteiger partial charge is 0.251 e. The minimum absolute atomic E-state index is 0.176. The fourth-order valence-corrected chi connectivity index (χ4v) is 4.07. The number of fused-ring (bicyclic) bond motifs is 1. The number of carbonyl (C=O) groups is 1. The van der Waals surface area contributed by atoms with E-state index in [2.05, 4.69) is 37.3 Å². The fourth-order valence-electron chi connectivity index (χ4n) is 3.85. The SMILES string of the molecule is CC(C)(C)NC(=O)c1cccc(Oc2ccc(Nc3ncnc4c3C=C(CNCC#N)CCN4)cc2Cl)c1. The molecule has 1 aliphatic heterocycles. The molecule has 0 atom stereocenters. The van der Waals surface area contributed by atoms with Gasteiger partial charge >= 0.3 is 0 Å². The summed E-state index contributed by atoms with van der Waals surface area (Å²) in [6.07, 6.45) is 4.37. The number of halogens is 1. The zero-order valence-electron chi connectivity index (χ0n) is 21.6. The summed E-state index contributed by atoms with van der Waals surface area (Å²) in [4.78, 5) is 21.3. The molecule has 2 aromatic carbocycles. The van der Waals surface area contributed by atoms with Crippen molar-refractivity contribution >= 4 is 40.9 Å². The van der Waals surface area contributed by atoms with E-state index in [0.717, 1.165) is 35.6 Å². The van der Waals surface area contributed by atoms with Crippen molar-refractivity contribution in [3.05, 3.63) is 70.5 Å². The molecule has 10 heteroatoms. The minimum Gasteiger partial charge on any atom is -0.456 e. The minimum atomic E-state index is -0.343. The zero-order valence-corrected chi connectivity index (χ0v) is 22.3. The Morgan fingerprint density at radius 3 is 2.82 bits per heavy atom. The van der Waals surface area contributed by atoms with E-state index in [0.29, 0.717) is 34.4 Å². The van der Waals surface area contributed by atoms with Crippen LogP contribution >= 0.6 is 11.6 Å². The Morgan fingerprint density at radius 1 is 1.21 bits per heavy atom. The lowest BCUT2D eigenvalue weighted by Crippen LogP contribution is -2.40. The highest BCUT2D eigenvalue weighted by Crippen LogP contribution is 2.34. The number of amides is 1. The van der Waals surface area contributed by atoms with E-state index in [4.69, 9.17) is 21.6 Å². The standard InChI is InChI=1S/C28H30ClN7O2/c1-28(2,3)36-27(37)19-5-4-6-21(14-19)38-24-8-7-20(15-23(24)29)35-26-22-13-18(16-31-12-10-30)9-11-32-25(22)33-17-34-26/h4-8,13-15,17,31H,9,11-12,16H2,1-3H3,(H,36,37)(H2,32,33,34,35). The Hall–Kier alpha value is -4.13. The molecule has 0 aliphatic carbocycles. The second-order valence-electron chi connectivity index (χ2n) is 9.83. The van der Waals surface area contributed by atoms with Gasteiger partial charge in [-0.05, 0) is 69.7 Å². The van der Waals surface area contributed by atoms with Crippen molar-refractivity contribution in [1.82, 2.24) is 20.6 Å². The van der Waals surface area contributed by atoms with Crippen molar-refractivity contribution < 1.29 is 9.53 Å². The molecule has 0 spiro atoms. The number of nitriles is 1. The lowest BCUT2D eigenvalue weighted by Gasteiger charge is -2.20. The van der Waals surface area contributed by atoms with Crippen LogP contribution in [0.3, 0.4) is 0 Å². The molecular formula is C28H30ClN7O2. The van der Waals surface area contributed by atoms with Crippen molar-refractivity contribution in [2.75, 3.05) is 30.3 Å². The number of aromatic nitrogens is 2. The van der Waals surface area contributed by atoms with Gasteiger partial charge in [-0.25, -0.2) is 9.97 Å². The first-order chi connectivity index (χ1) is 18.2. The number of hydrogen-bond acceptors (Lipinski definition) is 8. The number of rotatable bonds is 8. The maximum Gasteiger partial charge on any atom is 0.251 e. The monoisotopic (exact) mass is 531 g/mol. The molecule has 38 heavy (non-hydrogen) atoms. The van der Waals surface area contributed by atoms with E-state index in [1.54, 1.807) is 36.4 Å². The molecule has 4 rings (SSSR count). The van der Waals surface area contributed by atoms with Crippen molar-refractivity contribution in [1.29, 1.82) is 5.26 Å². The van der Waals surface area contributed by atoms with E-state index in [-0.39, 0.29) is 18.0 Å². The predicted octanol–water partition coefficient (Wildman–Crippen LogP) is 5.51. The molecular weight excluding hydrogens is 502 g/mol. The molecule has 0 radical (unpaired) electrons. The second-order valence-corrected chi connectivity index (χ2v) is 10.2. The highest BCUT2D eigenvalue weighted by atomic mass is 35.5. The number of benzene rings is 2. The third-order valence-corrected chi connectivity index (χ3v) is 5.83. The van der Waals surface area contributed by atoms with Gasteiger partial charge in [0.2, 0.25) is 0 Å². The Kier molecular flexibility index (Phi) is 8.46. The van der Waals surface area contributed by atoms with Crippen LogP contribution in [0.2, 0.25) is 5.02 Å². The van der Waals surface area contributed by atoms with Gasteiger partial charge in [-0.15, -0.1) is 0 Å². The first kappa shape index (κ1) is 26.9. The number of hydrogen-bond donors (Lipinski definition) is 4. The Morgan fingerprint density at radius 2 is 2.05 bits per heavy atom. The van der Waals surface area contributed by atoms with Gasteiger partial charge in [0.15, 0.2) is 0 Å². The molecule has 0 saturated carbocycles. The molecule has 0 bridgehead atoms. The Labute approximate surface area is 227 Å². The van der Waals surface area contributed by atoms with Crippen LogP contribution in [0, 0.1) is 11.3 Å². The molecule has 1 aromatic heterocycles. The fraction of sp³-hybridized carbons (Fsp3) is 0.286. The molecule has 3 aromatic rings. The van der Waals surface area contributed by atoms with Crippen LogP contribution in [0.4, 0.5) is 17.3 Å². The summed E-state index contributed by atoms with van der Waals surface area (Å²) in [5.41, 5.74) is 2.86. The normalized spacial score (nSPS) is 12.8. The van der Waals surface area contributed by atoms with Crippen molar-refractivity contribution in [3.8, 4) is 17.6 Å². The Bertz CT molecular complexity index is 1390. The van der Waals surface area contributed by atoms with Gasteiger partial charge in [-0.3, -0.25) is 4.79 Å². The third-order valence-electron chi connectivity index (χ3n) is 5.53. The van der Waals surface area contributed by atoms with Crippen LogP contribution in [-0.2, 0) is 0 Å². The van der Waals surface area contributed by atoms with Crippen LogP contribution in [0.1, 0.15) is 43.1 Å². The number of nitrogens with zero attached hydrogens (tertiary/aromatic N) is 3. The molecule has 9 nitrogen and oxygen atoms in total. The van der Waals surface area contributed by atoms with Crippen LogP contribution in [0.25, 0.3) is 6.08 Å². The summed E-state index contributed by atoms with van der Waals surface area (Å²) in [5, 5.41) is 21.9. The maximum absolute atomic E-state index is 12.5. The Balaban J connectivity index is 1.51. The van der Waals surface area contributed by atoms with E-state index in [9.17, 15) is 4.79 Å². The number of anilines is 3. The van der Waals surface area contributed by atoms with Gasteiger partial charge in [0.25, 0.3) is 5.91 Å². The van der Waals surface area contributed by atoms with Crippen LogP contribution in [0.15, 0.2) is 54.4 Å². The largest absolute Gasteiger partial charge is 0.456 e. The van der Waals surface area contributed by atoms with E-state index < -0.39 is 0 Å². The average Bonchev–Trinajstić information content (AvgIpc) is 3.08. The summed E-state index contributed by atoms with van der Waals surface area (Å²) in [5.74, 6) is 2.15. The number of nitrogens with one attached hydrogen (secondary N) is 4. The van der Waals surface area contributed by atoms with E-state index >= 15 is 0 Å². The molecule has 0 unspecified atom stereocenters. The first-order valence-electron chi connectivity index (χ1n) is 12.2. The maximum atomic E-state index is 12.5. The van der Waals surface area contributed by atoms with Gasteiger partial charge in [0.05, 0.1) is 23.2 Å². The summed E-state index contributed by atoms with van der Waals surface area (Å²) < 4.78 is 5.99. The topological polar surface area (TPSA) is 124 Å². The van der Waals surface area contributed by atoms with Gasteiger partial charge in [-0.2, -0.15) is 5.26 Å². The summed E-state index contributed by atoms with van der Waals surface area (Å²) in [7, 11) is 0. The lowest BCUT2D eigenvalue weighted by atomic mass is 10.1. The second kappa shape index (κ2) is 11.9. The summed E-state index contributed by atoms with van der Waals surface area (Å²) >= 11 is 6.56. The quantitative estimate of drug-likeness (QED) is 0.222. The molecule has 0 saturated heterocycles. The van der Waals surface area contributed by atoms with Crippen LogP contribution in [0.5, 0.6) is 11.5 Å². The van der Waals surface area contributed by atoms with Crippen molar-refractivity contribution in [2.24, 2.45) is 0 Å². The highest BCUT2D eigenvalue weighted by molar-refractivity contribution is 6.32. The molecule has 196 valence electrons. The zero-order chi connectivity index (χ0) is 27.1. The number of ether oxygens (including phenoxy) is 1. The van der Waals surface area contributed by atoms with E-state index in [1.807, 2.05) is 32.9 Å². The van der Waals surface area contributed by atoms with Gasteiger partial charge < -0.3 is 26.0 Å². The molecule has 1 amide bonds. The van der Waals surface area contributed by atoms with Crippen LogP contribution in [-0.4, -0.2) is 41.0 Å². The lowest BCUT2D eigenvalue weighted by molar-refractivity contribution is 0.0919.